The van der Waals surface area contributed by atoms with E-state index >= 15 is 0 Å². The number of rotatable bonds is 4. The van der Waals surface area contributed by atoms with Gasteiger partial charge in [-0.05, 0) is 5.92 Å². The van der Waals surface area contributed by atoms with Gasteiger partial charge in [-0.3, -0.25) is 0 Å². The summed E-state index contributed by atoms with van der Waals surface area (Å²) in [4.78, 5) is 10.5. The van der Waals surface area contributed by atoms with Gasteiger partial charge in [-0.25, -0.2) is 4.79 Å². The fourth-order valence-corrected chi connectivity index (χ4v) is 0.687. The Morgan fingerprint density at radius 2 is 2.27 bits per heavy atom. The highest BCUT2D eigenvalue weighted by atomic mass is 16.5. The fourth-order valence-electron chi connectivity index (χ4n) is 0.687. The Balaban J connectivity index is 3.92. The molecular formula is C8H12O3. The first-order valence-corrected chi connectivity index (χ1v) is 3.37. The van der Waals surface area contributed by atoms with Crippen LogP contribution >= 0.6 is 0 Å². The topological polar surface area (TPSA) is 46.5 Å². The molecule has 1 N–H and O–H groups in total. The molecule has 1 atom stereocenters. The lowest BCUT2D eigenvalue weighted by Gasteiger charge is -2.14. The van der Waals surface area contributed by atoms with Crippen molar-refractivity contribution in [2.75, 3.05) is 6.61 Å². The molecule has 62 valence electrons. The number of carboxylic acids is 1. The molecule has 3 heteroatoms. The molecule has 0 spiro atoms. The van der Waals surface area contributed by atoms with Crippen LogP contribution in [0.5, 0.6) is 0 Å². The number of ether oxygens (including phenoxy) is 1. The maximum Gasteiger partial charge on any atom is 0.333 e. The second-order valence-corrected chi connectivity index (χ2v) is 2.52. The van der Waals surface area contributed by atoms with E-state index in [-0.39, 0.29) is 12.5 Å². The first-order valence-electron chi connectivity index (χ1n) is 3.37. The van der Waals surface area contributed by atoms with Gasteiger partial charge in [-0.15, -0.1) is 6.42 Å². The molecule has 1 unspecified atom stereocenters. The quantitative estimate of drug-likeness (QED) is 0.611. The average molecular weight is 156 g/mol. The van der Waals surface area contributed by atoms with Gasteiger partial charge in [0.2, 0.25) is 0 Å². The third kappa shape index (κ3) is 3.64. The summed E-state index contributed by atoms with van der Waals surface area (Å²) in [5.41, 5.74) is 0. The van der Waals surface area contributed by atoms with Gasteiger partial charge in [-0.2, -0.15) is 0 Å². The van der Waals surface area contributed by atoms with Crippen molar-refractivity contribution in [3.8, 4) is 12.3 Å². The van der Waals surface area contributed by atoms with Gasteiger partial charge >= 0.3 is 5.97 Å². The van der Waals surface area contributed by atoms with Crippen molar-refractivity contribution in [3.63, 3.8) is 0 Å². The number of carboxylic acid groups (broad SMARTS) is 1. The molecule has 0 amide bonds. The highest BCUT2D eigenvalue weighted by Crippen LogP contribution is 2.05. The van der Waals surface area contributed by atoms with Crippen LogP contribution in [0.15, 0.2) is 0 Å². The van der Waals surface area contributed by atoms with Gasteiger partial charge in [0.15, 0.2) is 6.10 Å². The molecule has 0 aliphatic rings. The van der Waals surface area contributed by atoms with E-state index in [1.54, 1.807) is 13.8 Å². The van der Waals surface area contributed by atoms with Crippen molar-refractivity contribution in [2.45, 2.75) is 20.0 Å². The molecule has 0 aliphatic heterocycles. The summed E-state index contributed by atoms with van der Waals surface area (Å²) in [5.74, 6) is 1.20. The molecule has 11 heavy (non-hydrogen) atoms. The Bertz CT molecular complexity index is 167. The zero-order valence-corrected chi connectivity index (χ0v) is 6.70. The summed E-state index contributed by atoms with van der Waals surface area (Å²) in [6.07, 6.45) is 4.12. The number of terminal acetylenes is 1. The zero-order chi connectivity index (χ0) is 8.85. The third-order valence-corrected chi connectivity index (χ3v) is 1.20. The van der Waals surface area contributed by atoms with Crippen molar-refractivity contribution in [3.05, 3.63) is 0 Å². The molecule has 0 aromatic heterocycles. The first-order chi connectivity index (χ1) is 5.09. The summed E-state index contributed by atoms with van der Waals surface area (Å²) >= 11 is 0. The smallest absolute Gasteiger partial charge is 0.333 e. The predicted octanol–water partition coefficient (Wildman–Crippen LogP) is 0.745. The average Bonchev–Trinajstić information content (AvgIpc) is 1.87. The molecule has 0 aromatic rings. The van der Waals surface area contributed by atoms with Gasteiger partial charge in [0.05, 0.1) is 0 Å². The normalized spacial score (nSPS) is 12.5. The third-order valence-electron chi connectivity index (χ3n) is 1.20. The number of hydrogen-bond donors (Lipinski definition) is 1. The summed E-state index contributed by atoms with van der Waals surface area (Å²) in [7, 11) is 0. The minimum Gasteiger partial charge on any atom is -0.479 e. The highest BCUT2D eigenvalue weighted by molar-refractivity contribution is 5.72. The molecule has 0 bridgehead atoms. The predicted molar refractivity (Wildman–Crippen MR) is 41.0 cm³/mol. The van der Waals surface area contributed by atoms with E-state index < -0.39 is 12.1 Å². The lowest BCUT2D eigenvalue weighted by molar-refractivity contribution is -0.152. The van der Waals surface area contributed by atoms with Gasteiger partial charge in [-0.1, -0.05) is 19.8 Å². The highest BCUT2D eigenvalue weighted by Gasteiger charge is 2.21. The Morgan fingerprint density at radius 3 is 2.55 bits per heavy atom. The van der Waals surface area contributed by atoms with Crippen LogP contribution in [0.3, 0.4) is 0 Å². The van der Waals surface area contributed by atoms with Gasteiger partial charge < -0.3 is 9.84 Å². The van der Waals surface area contributed by atoms with Crippen LogP contribution in [-0.2, 0) is 9.53 Å². The molecule has 0 aromatic carbocycles. The van der Waals surface area contributed by atoms with Crippen molar-refractivity contribution in [1.82, 2.24) is 0 Å². The Labute approximate surface area is 66.4 Å². The van der Waals surface area contributed by atoms with E-state index in [0.717, 1.165) is 0 Å². The Kier molecular flexibility index (Phi) is 4.32. The Hall–Kier alpha value is -1.01. The number of hydrogen-bond acceptors (Lipinski definition) is 2. The van der Waals surface area contributed by atoms with Crippen LogP contribution in [0, 0.1) is 18.3 Å². The second kappa shape index (κ2) is 4.75. The lowest BCUT2D eigenvalue weighted by atomic mass is 10.1. The molecule has 3 nitrogen and oxygen atoms in total. The van der Waals surface area contributed by atoms with E-state index in [4.69, 9.17) is 16.3 Å². The van der Waals surface area contributed by atoms with Gasteiger partial charge in [0.25, 0.3) is 0 Å². The largest absolute Gasteiger partial charge is 0.479 e. The summed E-state index contributed by atoms with van der Waals surface area (Å²) in [6.45, 7) is 3.60. The molecule has 0 fully saturated rings. The van der Waals surface area contributed by atoms with E-state index in [2.05, 4.69) is 5.92 Å². The second-order valence-electron chi connectivity index (χ2n) is 2.52. The molecule has 0 radical (unpaired) electrons. The minimum absolute atomic E-state index is 0.0507. The first kappa shape index (κ1) is 9.99. The van der Waals surface area contributed by atoms with Crippen LogP contribution in [0.4, 0.5) is 0 Å². The van der Waals surface area contributed by atoms with Crippen LogP contribution in [0.25, 0.3) is 0 Å². The van der Waals surface area contributed by atoms with Crippen LogP contribution in [0.2, 0.25) is 0 Å². The number of carbonyl (C=O) groups is 1. The van der Waals surface area contributed by atoms with Crippen molar-refractivity contribution in [1.29, 1.82) is 0 Å². The summed E-state index contributed by atoms with van der Waals surface area (Å²) in [6, 6.07) is 0. The molecule has 0 heterocycles. The van der Waals surface area contributed by atoms with Crippen LogP contribution in [-0.4, -0.2) is 23.8 Å². The van der Waals surface area contributed by atoms with E-state index in [1.807, 2.05) is 0 Å². The molecular weight excluding hydrogens is 144 g/mol. The molecule has 0 saturated heterocycles. The summed E-state index contributed by atoms with van der Waals surface area (Å²) < 4.78 is 4.88. The fraction of sp³-hybridized carbons (Fsp3) is 0.625. The van der Waals surface area contributed by atoms with Crippen molar-refractivity contribution >= 4 is 5.97 Å². The summed E-state index contributed by atoms with van der Waals surface area (Å²) in [5, 5.41) is 8.58. The monoisotopic (exact) mass is 156 g/mol. The lowest BCUT2D eigenvalue weighted by Crippen LogP contribution is -2.29. The van der Waals surface area contributed by atoms with Gasteiger partial charge in [0, 0.05) is 0 Å². The molecule has 0 saturated carbocycles. The maximum atomic E-state index is 10.5. The van der Waals surface area contributed by atoms with Crippen LogP contribution < -0.4 is 0 Å². The van der Waals surface area contributed by atoms with Crippen molar-refractivity contribution < 1.29 is 14.6 Å². The molecule has 0 rings (SSSR count). The minimum atomic E-state index is -0.963. The van der Waals surface area contributed by atoms with E-state index in [0.29, 0.717) is 0 Å². The van der Waals surface area contributed by atoms with Gasteiger partial charge in [0.1, 0.15) is 6.61 Å². The van der Waals surface area contributed by atoms with Crippen LogP contribution in [0.1, 0.15) is 13.8 Å². The standard InChI is InChI=1S/C8H12O3/c1-4-5-11-7(6(2)3)8(9)10/h1,6-7H,5H2,2-3H3,(H,9,10). The Morgan fingerprint density at radius 1 is 1.73 bits per heavy atom. The van der Waals surface area contributed by atoms with E-state index in [9.17, 15) is 4.79 Å². The van der Waals surface area contributed by atoms with E-state index in [1.165, 1.54) is 0 Å². The van der Waals surface area contributed by atoms with Crippen molar-refractivity contribution in [2.24, 2.45) is 5.92 Å². The zero-order valence-electron chi connectivity index (χ0n) is 6.70. The SMILES string of the molecule is C#CCOC(C(=O)O)C(C)C. The number of aliphatic carboxylic acids is 1. The maximum absolute atomic E-state index is 10.5. The molecule has 0 aliphatic carbocycles.